The van der Waals surface area contributed by atoms with Crippen LogP contribution in [0.15, 0.2) is 0 Å². The maximum absolute atomic E-state index is 12.0. The van der Waals surface area contributed by atoms with Crippen molar-refractivity contribution in [1.82, 2.24) is 51.1 Å². The SMILES string of the molecule is CC(=O)NCC(=O)N1CCC[C@H]1B(O)O.CC(=O)N[C@@H](C)C(=O)N1CCCC1B(O)O.CC(=O)N[C@@H](CO)C(=O)N1CCCC1B(O)O.CC(=O)N[C@H](C)C(=O)N1CCCC1B(O)O.CC(=O)N[C@H](CO)C(=O)N1CCCC1B(O)O. The summed E-state index contributed by atoms with van der Waals surface area (Å²) in [5.41, 5.74) is 0. The number of nitrogens with zero attached hydrogens (tertiary/aromatic N) is 5. The van der Waals surface area contributed by atoms with Crippen LogP contribution in [-0.4, -0.2) is 286 Å². The van der Waals surface area contributed by atoms with Crippen molar-refractivity contribution in [1.29, 1.82) is 0 Å². The molecule has 37 heteroatoms. The lowest BCUT2D eigenvalue weighted by Gasteiger charge is -2.27. The van der Waals surface area contributed by atoms with Gasteiger partial charge in [0.15, 0.2) is 0 Å². The van der Waals surface area contributed by atoms with E-state index >= 15 is 0 Å². The molecular weight excluding hydrogens is 1070 g/mol. The van der Waals surface area contributed by atoms with Crippen molar-refractivity contribution in [3.63, 3.8) is 0 Å². The monoisotopic (exact) mass is 1160 g/mol. The zero-order valence-corrected chi connectivity index (χ0v) is 47.0. The molecule has 0 aromatic rings. The Hall–Kier alpha value is -5.46. The Balaban J connectivity index is 0.000000507. The lowest BCUT2D eigenvalue weighted by Crippen LogP contribution is -2.54. The largest absolute Gasteiger partial charge is 0.475 e. The maximum atomic E-state index is 12.0. The van der Waals surface area contributed by atoms with E-state index in [0.29, 0.717) is 77.7 Å². The number of carbonyl (C=O) groups excluding carboxylic acids is 10. The molecule has 81 heavy (non-hydrogen) atoms. The van der Waals surface area contributed by atoms with Crippen LogP contribution in [0.25, 0.3) is 0 Å². The minimum atomic E-state index is -1.60. The van der Waals surface area contributed by atoms with Crippen molar-refractivity contribution >= 4 is 94.7 Å². The van der Waals surface area contributed by atoms with Gasteiger partial charge >= 0.3 is 35.6 Å². The van der Waals surface area contributed by atoms with Crippen LogP contribution < -0.4 is 26.6 Å². The molecule has 0 spiro atoms. The molecule has 0 aromatic carbocycles. The van der Waals surface area contributed by atoms with Gasteiger partial charge in [-0.3, -0.25) is 47.9 Å². The van der Waals surface area contributed by atoms with Crippen LogP contribution in [0, 0.1) is 0 Å². The van der Waals surface area contributed by atoms with Crippen LogP contribution in [0.1, 0.15) is 113 Å². The number of hydrogen-bond acceptors (Lipinski definition) is 22. The highest BCUT2D eigenvalue weighted by Crippen LogP contribution is 2.23. The first-order valence-electron chi connectivity index (χ1n) is 26.7. The first-order valence-corrected chi connectivity index (χ1v) is 26.7. The fourth-order valence-corrected chi connectivity index (χ4v) is 9.71. The Labute approximate surface area is 472 Å². The van der Waals surface area contributed by atoms with Crippen molar-refractivity contribution in [2.75, 3.05) is 52.5 Å². The van der Waals surface area contributed by atoms with Gasteiger partial charge in [-0.2, -0.15) is 0 Å². The van der Waals surface area contributed by atoms with E-state index < -0.39 is 126 Å². The van der Waals surface area contributed by atoms with Crippen LogP contribution in [-0.2, 0) is 47.9 Å². The molecule has 5 aliphatic rings. The minimum absolute atomic E-state index is 0.0848. The number of amides is 10. The topological polar surface area (TPSA) is 490 Å². The van der Waals surface area contributed by atoms with Gasteiger partial charge in [-0.05, 0) is 78.1 Å². The Morgan fingerprint density at radius 2 is 0.617 bits per heavy atom. The second-order valence-electron chi connectivity index (χ2n) is 20.0. The Kier molecular flexibility index (Phi) is 33.5. The average Bonchev–Trinajstić information content (AvgIpc) is 4.25. The second-order valence-corrected chi connectivity index (χ2v) is 20.0. The molecule has 5 heterocycles. The molecule has 17 N–H and O–H groups in total. The Morgan fingerprint density at radius 3 is 0.840 bits per heavy atom. The third-order valence-corrected chi connectivity index (χ3v) is 13.5. The van der Waals surface area contributed by atoms with Gasteiger partial charge in [0.2, 0.25) is 59.1 Å². The first-order chi connectivity index (χ1) is 37.8. The first kappa shape index (κ1) is 73.6. The molecule has 0 aliphatic carbocycles. The molecule has 0 radical (unpaired) electrons. The van der Waals surface area contributed by atoms with Crippen LogP contribution in [0.2, 0.25) is 0 Å². The van der Waals surface area contributed by atoms with Gasteiger partial charge in [-0.25, -0.2) is 0 Å². The van der Waals surface area contributed by atoms with Crippen molar-refractivity contribution in [2.24, 2.45) is 0 Å². The smallest absolute Gasteiger partial charge is 0.426 e. The second kappa shape index (κ2) is 36.9. The molecule has 0 saturated carbocycles. The summed E-state index contributed by atoms with van der Waals surface area (Å²) in [5, 5.41) is 121. The van der Waals surface area contributed by atoms with E-state index in [2.05, 4.69) is 26.6 Å². The molecular formula is C44H83B5N10O22. The molecule has 0 aromatic heterocycles. The van der Waals surface area contributed by atoms with Crippen LogP contribution in [0.5, 0.6) is 0 Å². The van der Waals surface area contributed by atoms with Gasteiger partial charge in [0.05, 0.1) is 49.5 Å². The summed E-state index contributed by atoms with van der Waals surface area (Å²) >= 11 is 0. The standard InChI is InChI=1S/2C9H17BN2O5.2C9H17BN2O4.C8H15BN2O4/c2*1-6(14)11-7(5-13)9(15)12-4-2-3-8(12)10(16)17;2*1-6(11-7(2)13)9(14)12-5-3-4-8(12)10(15)16;1-6(12)10-5-8(13)11-4-2-3-7(11)9(14)15/h2*7-8,13,16-17H,2-5H2,1H3,(H,11,14);2*6,8,15-16H,3-5H2,1-2H3,(H,11,13);7,14-15H,2-5H2,1H3,(H,10,12)/t2*7-,8?;2*6-,8?;7-/m10100/s1. The lowest BCUT2D eigenvalue weighted by atomic mass is 9.78. The van der Waals surface area contributed by atoms with E-state index in [-0.39, 0.29) is 42.0 Å². The zero-order chi connectivity index (χ0) is 62.0. The average molecular weight is 1160 g/mol. The normalized spacial score (nSPS) is 21.2. The molecule has 0 bridgehead atoms. The molecule has 4 unspecified atom stereocenters. The van der Waals surface area contributed by atoms with Gasteiger partial charge in [0.25, 0.3) is 0 Å². The number of rotatable bonds is 17. The predicted molar refractivity (Wildman–Crippen MR) is 289 cm³/mol. The number of nitrogens with one attached hydrogen (secondary N) is 5. The summed E-state index contributed by atoms with van der Waals surface area (Å²) in [5.74, 6) is -6.43. The number of aliphatic hydroxyl groups is 2. The van der Waals surface area contributed by atoms with E-state index in [1.165, 1.54) is 59.1 Å². The van der Waals surface area contributed by atoms with E-state index in [1.807, 2.05) is 0 Å². The molecule has 10 amide bonds. The van der Waals surface area contributed by atoms with Crippen LogP contribution in [0.3, 0.4) is 0 Å². The van der Waals surface area contributed by atoms with Crippen LogP contribution in [0.4, 0.5) is 0 Å². The maximum Gasteiger partial charge on any atom is 0.475 e. The third-order valence-electron chi connectivity index (χ3n) is 13.5. The Bertz CT molecular complexity index is 1960. The molecule has 5 aliphatic heterocycles. The lowest BCUT2D eigenvalue weighted by molar-refractivity contribution is -0.137. The van der Waals surface area contributed by atoms with Crippen LogP contribution >= 0.6 is 0 Å². The quantitative estimate of drug-likeness (QED) is 0.0601. The van der Waals surface area contributed by atoms with Gasteiger partial charge in [-0.1, -0.05) is 0 Å². The summed E-state index contributed by atoms with van der Waals surface area (Å²) in [4.78, 5) is 120. The van der Waals surface area contributed by atoms with Crippen molar-refractivity contribution in [3.8, 4) is 0 Å². The summed E-state index contributed by atoms with van der Waals surface area (Å²) in [6.07, 6.45) is 6.35. The van der Waals surface area contributed by atoms with E-state index in [0.717, 1.165) is 19.3 Å². The number of aliphatic hydroxyl groups excluding tert-OH is 2. The van der Waals surface area contributed by atoms with Gasteiger partial charge in [0.1, 0.15) is 24.2 Å². The van der Waals surface area contributed by atoms with Gasteiger partial charge in [0, 0.05) is 67.3 Å². The van der Waals surface area contributed by atoms with Crippen molar-refractivity contribution < 1.29 is 108 Å². The summed E-state index contributed by atoms with van der Waals surface area (Å²) in [6.45, 7) is 10.9. The predicted octanol–water partition coefficient (Wildman–Crippen LogP) is -9.87. The molecule has 5 saturated heterocycles. The summed E-state index contributed by atoms with van der Waals surface area (Å²) in [6, 6.07) is -3.30. The van der Waals surface area contributed by atoms with Gasteiger partial charge < -0.3 is 112 Å². The van der Waals surface area contributed by atoms with E-state index in [9.17, 15) is 47.9 Å². The summed E-state index contributed by atoms with van der Waals surface area (Å²) < 4.78 is 0. The molecule has 5 fully saturated rings. The van der Waals surface area contributed by atoms with Gasteiger partial charge in [-0.15, -0.1) is 0 Å². The molecule has 9 atom stereocenters. The Morgan fingerprint density at radius 1 is 0.383 bits per heavy atom. The molecule has 5 rings (SSSR count). The number of hydrogen-bond donors (Lipinski definition) is 17. The molecule has 456 valence electrons. The number of carbonyl (C=O) groups is 10. The van der Waals surface area contributed by atoms with E-state index in [4.69, 9.17) is 60.5 Å². The fourth-order valence-electron chi connectivity index (χ4n) is 9.71. The molecule has 32 nitrogen and oxygen atoms in total. The third kappa shape index (κ3) is 24.9. The fraction of sp³-hybridized carbons (Fsp3) is 0.773. The van der Waals surface area contributed by atoms with E-state index in [1.54, 1.807) is 13.8 Å². The summed E-state index contributed by atoms with van der Waals surface area (Å²) in [7, 11) is -7.74. The van der Waals surface area contributed by atoms with Crippen molar-refractivity contribution in [3.05, 3.63) is 0 Å². The highest BCUT2D eigenvalue weighted by atomic mass is 16.4. The van der Waals surface area contributed by atoms with Crippen molar-refractivity contribution in [2.45, 2.75) is 167 Å². The highest BCUT2D eigenvalue weighted by Gasteiger charge is 2.43. The number of likely N-dealkylation sites (tertiary alicyclic amines) is 5. The minimum Gasteiger partial charge on any atom is -0.426 e. The highest BCUT2D eigenvalue weighted by molar-refractivity contribution is 6.45. The zero-order valence-electron chi connectivity index (χ0n) is 47.0.